The van der Waals surface area contributed by atoms with Crippen LogP contribution in [0.3, 0.4) is 0 Å². The largest absolute Gasteiger partial charge is 0.462 e. The van der Waals surface area contributed by atoms with Gasteiger partial charge in [-0.05, 0) is 68.1 Å². The van der Waals surface area contributed by atoms with Crippen molar-refractivity contribution in [1.82, 2.24) is 0 Å². The molecule has 1 unspecified atom stereocenters. The number of rotatable bonds is 13. The predicted molar refractivity (Wildman–Crippen MR) is 124 cm³/mol. The maximum Gasteiger partial charge on any atom is 0.333 e. The second-order valence-corrected chi connectivity index (χ2v) is 9.47. The van der Waals surface area contributed by atoms with Crippen LogP contribution in [0.4, 0.5) is 4.39 Å². The van der Waals surface area contributed by atoms with Crippen LogP contribution in [0.25, 0.3) is 0 Å². The fourth-order valence-electron chi connectivity index (χ4n) is 4.62. The number of aliphatic hydroxyl groups excluding tert-OH is 1. The smallest absolute Gasteiger partial charge is 0.333 e. The third-order valence-electron chi connectivity index (χ3n) is 6.70. The quantitative estimate of drug-likeness (QED) is 0.222. The lowest BCUT2D eigenvalue weighted by molar-refractivity contribution is -0.140. The summed E-state index contributed by atoms with van der Waals surface area (Å²) < 4.78 is 19.6. The van der Waals surface area contributed by atoms with Crippen LogP contribution in [0.1, 0.15) is 82.8 Å². The van der Waals surface area contributed by atoms with Gasteiger partial charge in [-0.2, -0.15) is 0 Å². The topological polar surface area (TPSA) is 46.5 Å². The molecule has 1 aliphatic rings. The molecule has 1 aromatic rings. The van der Waals surface area contributed by atoms with E-state index in [4.69, 9.17) is 4.74 Å². The van der Waals surface area contributed by atoms with Gasteiger partial charge in [0.05, 0.1) is 6.61 Å². The molecule has 0 spiro atoms. The normalized spacial score (nSPS) is 19.7. The average molecular weight is 433 g/mol. The first-order valence-corrected chi connectivity index (χ1v) is 12.1. The number of hydrogen-bond donors (Lipinski definition) is 1. The van der Waals surface area contributed by atoms with E-state index in [2.05, 4.69) is 19.6 Å². The van der Waals surface area contributed by atoms with Gasteiger partial charge >= 0.3 is 5.97 Å². The van der Waals surface area contributed by atoms with Crippen molar-refractivity contribution in [2.24, 2.45) is 17.8 Å². The highest BCUT2D eigenvalue weighted by Crippen LogP contribution is 2.35. The van der Waals surface area contributed by atoms with Crippen molar-refractivity contribution in [1.29, 1.82) is 0 Å². The van der Waals surface area contributed by atoms with Crippen LogP contribution in [0.2, 0.25) is 0 Å². The Kier molecular flexibility index (Phi) is 11.3. The van der Waals surface area contributed by atoms with Crippen molar-refractivity contribution in [2.75, 3.05) is 13.2 Å². The van der Waals surface area contributed by atoms with Gasteiger partial charge in [-0.15, -0.1) is 0 Å². The number of esters is 1. The molecule has 31 heavy (non-hydrogen) atoms. The second-order valence-electron chi connectivity index (χ2n) is 9.47. The molecular formula is C27H41FO3. The standard InChI is InChI=1S/C27H41FO3/c1-4-5-6-7-25-15-14-23(17-26(25)28)13-10-21-8-11-22(12-9-21)16-24(18-29)19-31-27(30)20(2)3/h14-15,17,21-22,24,29H,2,4-13,16,18-19H2,1,3H3. The first-order chi connectivity index (χ1) is 14.9. The van der Waals surface area contributed by atoms with E-state index in [1.807, 2.05) is 6.07 Å². The Morgan fingerprint density at radius 2 is 1.90 bits per heavy atom. The van der Waals surface area contributed by atoms with E-state index in [-0.39, 0.29) is 30.9 Å². The van der Waals surface area contributed by atoms with Gasteiger partial charge in [0.1, 0.15) is 5.82 Å². The van der Waals surface area contributed by atoms with Gasteiger partial charge < -0.3 is 9.84 Å². The van der Waals surface area contributed by atoms with Crippen LogP contribution in [-0.4, -0.2) is 24.3 Å². The molecular weight excluding hydrogens is 391 g/mol. The molecule has 0 heterocycles. The average Bonchev–Trinajstić information content (AvgIpc) is 2.77. The van der Waals surface area contributed by atoms with Crippen LogP contribution < -0.4 is 0 Å². The van der Waals surface area contributed by atoms with E-state index in [0.717, 1.165) is 68.9 Å². The van der Waals surface area contributed by atoms with Crippen LogP contribution in [0.15, 0.2) is 30.4 Å². The lowest BCUT2D eigenvalue weighted by atomic mass is 9.76. The zero-order valence-corrected chi connectivity index (χ0v) is 19.5. The van der Waals surface area contributed by atoms with Crippen LogP contribution in [0, 0.1) is 23.6 Å². The Morgan fingerprint density at radius 1 is 1.19 bits per heavy atom. The summed E-state index contributed by atoms with van der Waals surface area (Å²) in [6, 6.07) is 5.83. The Labute approximate surface area is 188 Å². The van der Waals surface area contributed by atoms with E-state index in [1.165, 1.54) is 12.8 Å². The predicted octanol–water partition coefficient (Wildman–Crippen LogP) is 6.42. The minimum atomic E-state index is -0.382. The SMILES string of the molecule is C=C(C)C(=O)OCC(CO)CC1CCC(CCc2ccc(CCCCC)c(F)c2)CC1. The molecule has 1 saturated carbocycles. The number of unbranched alkanes of at least 4 members (excludes halogenated alkanes) is 2. The number of ether oxygens (including phenoxy) is 1. The van der Waals surface area contributed by atoms with E-state index < -0.39 is 0 Å². The van der Waals surface area contributed by atoms with Crippen molar-refractivity contribution in [3.05, 3.63) is 47.3 Å². The van der Waals surface area contributed by atoms with Crippen molar-refractivity contribution < 1.29 is 19.0 Å². The molecule has 1 aliphatic carbocycles. The first kappa shape index (κ1) is 25.6. The summed E-state index contributed by atoms with van der Waals surface area (Å²) in [7, 11) is 0. The van der Waals surface area contributed by atoms with Crippen molar-refractivity contribution in [3.63, 3.8) is 0 Å². The molecule has 2 rings (SSSR count). The third kappa shape index (κ3) is 9.14. The third-order valence-corrected chi connectivity index (χ3v) is 6.70. The minimum absolute atomic E-state index is 0.00339. The van der Waals surface area contributed by atoms with E-state index in [9.17, 15) is 14.3 Å². The summed E-state index contributed by atoms with van der Waals surface area (Å²) in [5.41, 5.74) is 2.35. The molecule has 1 aromatic carbocycles. The maximum absolute atomic E-state index is 14.3. The zero-order valence-electron chi connectivity index (χ0n) is 19.5. The molecule has 0 radical (unpaired) electrons. The molecule has 0 aliphatic heterocycles. The van der Waals surface area contributed by atoms with Gasteiger partial charge in [0.25, 0.3) is 0 Å². The van der Waals surface area contributed by atoms with Gasteiger partial charge in [0, 0.05) is 18.1 Å². The summed E-state index contributed by atoms with van der Waals surface area (Å²) in [6.45, 7) is 7.70. The number of halogens is 1. The number of hydrogen-bond acceptors (Lipinski definition) is 3. The Hall–Kier alpha value is -1.68. The number of aryl methyl sites for hydroxylation is 2. The van der Waals surface area contributed by atoms with Crippen molar-refractivity contribution in [3.8, 4) is 0 Å². The molecule has 0 saturated heterocycles. The van der Waals surface area contributed by atoms with Gasteiger partial charge in [-0.3, -0.25) is 0 Å². The molecule has 0 amide bonds. The Bertz CT molecular complexity index is 692. The monoisotopic (exact) mass is 432 g/mol. The fraction of sp³-hybridized carbons (Fsp3) is 0.667. The fourth-order valence-corrected chi connectivity index (χ4v) is 4.62. The van der Waals surface area contributed by atoms with Crippen LogP contribution in [0.5, 0.6) is 0 Å². The lowest BCUT2D eigenvalue weighted by Crippen LogP contribution is -2.23. The molecule has 1 N–H and O–H groups in total. The molecule has 4 heteroatoms. The number of carbonyl (C=O) groups is 1. The minimum Gasteiger partial charge on any atom is -0.462 e. The number of aliphatic hydroxyl groups is 1. The molecule has 0 bridgehead atoms. The molecule has 1 fully saturated rings. The second kappa shape index (κ2) is 13.7. The van der Waals surface area contributed by atoms with Crippen LogP contribution in [-0.2, 0) is 22.4 Å². The summed E-state index contributed by atoms with van der Waals surface area (Å²) in [6.07, 6.45) is 11.8. The Balaban J connectivity index is 1.70. The van der Waals surface area contributed by atoms with E-state index >= 15 is 0 Å². The van der Waals surface area contributed by atoms with Crippen molar-refractivity contribution >= 4 is 5.97 Å². The Morgan fingerprint density at radius 3 is 2.52 bits per heavy atom. The lowest BCUT2D eigenvalue weighted by Gasteiger charge is -2.30. The summed E-state index contributed by atoms with van der Waals surface area (Å²) in [5, 5.41) is 9.63. The summed E-state index contributed by atoms with van der Waals surface area (Å²) in [5.74, 6) is 0.852. The summed E-state index contributed by atoms with van der Waals surface area (Å²) >= 11 is 0. The van der Waals surface area contributed by atoms with Crippen molar-refractivity contribution in [2.45, 2.75) is 84.5 Å². The van der Waals surface area contributed by atoms with Gasteiger partial charge in [0.15, 0.2) is 0 Å². The highest BCUT2D eigenvalue weighted by molar-refractivity contribution is 5.86. The van der Waals surface area contributed by atoms with Crippen LogP contribution >= 0.6 is 0 Å². The number of carbonyl (C=O) groups excluding carboxylic acids is 1. The summed E-state index contributed by atoms with van der Waals surface area (Å²) in [4.78, 5) is 11.6. The molecule has 174 valence electrons. The van der Waals surface area contributed by atoms with Gasteiger partial charge in [-0.25, -0.2) is 9.18 Å². The maximum atomic E-state index is 14.3. The molecule has 0 aromatic heterocycles. The van der Waals surface area contributed by atoms with E-state index in [1.54, 1.807) is 13.0 Å². The zero-order chi connectivity index (χ0) is 22.6. The van der Waals surface area contributed by atoms with E-state index in [0.29, 0.717) is 17.4 Å². The molecule has 3 nitrogen and oxygen atoms in total. The highest BCUT2D eigenvalue weighted by Gasteiger charge is 2.24. The first-order valence-electron chi connectivity index (χ1n) is 12.1. The number of benzene rings is 1. The van der Waals surface area contributed by atoms with Gasteiger partial charge in [-0.1, -0.05) is 64.2 Å². The highest BCUT2D eigenvalue weighted by atomic mass is 19.1. The molecule has 1 atom stereocenters. The van der Waals surface area contributed by atoms with Gasteiger partial charge in [0.2, 0.25) is 0 Å².